The fourth-order valence-electron chi connectivity index (χ4n) is 4.59. The summed E-state index contributed by atoms with van der Waals surface area (Å²) in [5.41, 5.74) is 2.83. The molecule has 5 rings (SSSR count). The molecule has 160 valence electrons. The zero-order chi connectivity index (χ0) is 20.8. The number of ether oxygens (including phenoxy) is 1. The van der Waals surface area contributed by atoms with Gasteiger partial charge in [0, 0.05) is 13.0 Å². The lowest BCUT2D eigenvalue weighted by atomic mass is 10.0. The third-order valence-corrected chi connectivity index (χ3v) is 6.40. The van der Waals surface area contributed by atoms with Crippen molar-refractivity contribution in [2.45, 2.75) is 77.6 Å². The highest BCUT2D eigenvalue weighted by Crippen LogP contribution is 2.28. The van der Waals surface area contributed by atoms with Crippen LogP contribution >= 0.6 is 0 Å². The Hall–Kier alpha value is -2.43. The molecule has 1 aliphatic heterocycles. The van der Waals surface area contributed by atoms with Gasteiger partial charge in [0.1, 0.15) is 5.75 Å². The minimum Gasteiger partial charge on any atom is -0.437 e. The lowest BCUT2D eigenvalue weighted by Gasteiger charge is -2.14. The predicted octanol–water partition coefficient (Wildman–Crippen LogP) is 5.86. The molecule has 3 aliphatic rings. The van der Waals surface area contributed by atoms with Gasteiger partial charge in [-0.3, -0.25) is 9.69 Å². The minimum atomic E-state index is 0.115. The molecule has 0 spiro atoms. The number of hydrogen-bond acceptors (Lipinski definition) is 4. The Morgan fingerprint density at radius 3 is 2.33 bits per heavy atom. The molecule has 1 amide bonds. The van der Waals surface area contributed by atoms with Gasteiger partial charge in [-0.05, 0) is 61.3 Å². The first-order valence-corrected chi connectivity index (χ1v) is 11.6. The summed E-state index contributed by atoms with van der Waals surface area (Å²) in [5, 5.41) is 0. The summed E-state index contributed by atoms with van der Waals surface area (Å²) in [5.74, 6) is 3.02. The highest BCUT2D eigenvalue weighted by atomic mass is 16.5. The van der Waals surface area contributed by atoms with Crippen molar-refractivity contribution in [2.75, 3.05) is 11.4 Å². The van der Waals surface area contributed by atoms with Crippen LogP contribution in [-0.2, 0) is 17.6 Å². The quantitative estimate of drug-likeness (QED) is 0.598. The summed E-state index contributed by atoms with van der Waals surface area (Å²) in [7, 11) is 0. The number of amides is 1. The van der Waals surface area contributed by atoms with E-state index in [0.29, 0.717) is 18.1 Å². The molecule has 2 fully saturated rings. The van der Waals surface area contributed by atoms with Crippen LogP contribution in [0.25, 0.3) is 0 Å². The molecule has 1 saturated heterocycles. The van der Waals surface area contributed by atoms with E-state index in [0.717, 1.165) is 37.5 Å². The molecule has 2 heterocycles. The summed E-state index contributed by atoms with van der Waals surface area (Å²) in [6.45, 7) is 3.06. The molecule has 0 N–H and O–H groups in total. The van der Waals surface area contributed by atoms with Gasteiger partial charge in [0.2, 0.25) is 11.8 Å². The maximum absolute atomic E-state index is 11.7. The topological polar surface area (TPSA) is 55.3 Å². The van der Waals surface area contributed by atoms with Crippen LogP contribution in [0.1, 0.15) is 75.8 Å². The third kappa shape index (κ3) is 5.38. The van der Waals surface area contributed by atoms with Gasteiger partial charge in [0.15, 0.2) is 5.82 Å². The van der Waals surface area contributed by atoms with E-state index in [1.54, 1.807) is 17.3 Å². The van der Waals surface area contributed by atoms with E-state index >= 15 is 0 Å². The van der Waals surface area contributed by atoms with E-state index in [1.165, 1.54) is 56.1 Å². The van der Waals surface area contributed by atoms with E-state index in [4.69, 9.17) is 4.74 Å². The average molecular weight is 408 g/mol. The van der Waals surface area contributed by atoms with Crippen LogP contribution in [0.4, 0.5) is 5.82 Å². The normalized spacial score (nSPS) is 19.1. The van der Waals surface area contributed by atoms with Crippen molar-refractivity contribution in [1.82, 2.24) is 9.97 Å². The number of aryl methyl sites for hydroxylation is 2. The van der Waals surface area contributed by atoms with Crippen molar-refractivity contribution in [2.24, 2.45) is 5.92 Å². The van der Waals surface area contributed by atoms with Crippen molar-refractivity contribution in [3.8, 4) is 11.6 Å². The van der Waals surface area contributed by atoms with Gasteiger partial charge in [-0.1, -0.05) is 45.1 Å². The predicted molar refractivity (Wildman–Crippen MR) is 119 cm³/mol. The molecular formula is C25H33N3O2. The first-order valence-electron chi connectivity index (χ1n) is 11.6. The Morgan fingerprint density at radius 1 is 0.900 bits per heavy atom. The van der Waals surface area contributed by atoms with Crippen molar-refractivity contribution in [3.63, 3.8) is 0 Å². The van der Waals surface area contributed by atoms with Crippen molar-refractivity contribution >= 4 is 11.7 Å². The van der Waals surface area contributed by atoms with Crippen LogP contribution in [0, 0.1) is 5.92 Å². The van der Waals surface area contributed by atoms with Gasteiger partial charge < -0.3 is 4.74 Å². The van der Waals surface area contributed by atoms with Crippen molar-refractivity contribution in [3.05, 3.63) is 41.7 Å². The number of carbonyl (C=O) groups is 1. The molecule has 1 aromatic heterocycles. The molecule has 0 bridgehead atoms. The standard InChI is InChI=1S/C19H21N3O2.C6H12/c23-19-7-4-10-22(19)17-12-21-18(13-20-17)24-16-9-8-14-5-2-1-3-6-15(14)11-16;1-6-4-2-3-5-6/h8-9,11-13H,1-7,10H2;6H,2-5H2,1H3. The largest absolute Gasteiger partial charge is 0.437 e. The fraction of sp³-hybridized carbons (Fsp3) is 0.560. The Morgan fingerprint density at radius 2 is 1.70 bits per heavy atom. The van der Waals surface area contributed by atoms with Crippen LogP contribution in [0.15, 0.2) is 30.6 Å². The van der Waals surface area contributed by atoms with Crippen LogP contribution in [0.2, 0.25) is 0 Å². The first kappa shape index (κ1) is 20.8. The molecule has 30 heavy (non-hydrogen) atoms. The monoisotopic (exact) mass is 407 g/mol. The van der Waals surface area contributed by atoms with Gasteiger partial charge in [0.25, 0.3) is 0 Å². The number of benzene rings is 1. The van der Waals surface area contributed by atoms with E-state index in [2.05, 4.69) is 29.0 Å². The summed E-state index contributed by atoms with van der Waals surface area (Å²) in [4.78, 5) is 22.1. The number of rotatable bonds is 3. The highest BCUT2D eigenvalue weighted by molar-refractivity contribution is 5.94. The van der Waals surface area contributed by atoms with Crippen LogP contribution in [-0.4, -0.2) is 22.4 Å². The lowest BCUT2D eigenvalue weighted by molar-refractivity contribution is -0.117. The Balaban J connectivity index is 0.000000313. The third-order valence-electron chi connectivity index (χ3n) is 6.40. The molecule has 2 aliphatic carbocycles. The van der Waals surface area contributed by atoms with Crippen LogP contribution in [0.3, 0.4) is 0 Å². The fourth-order valence-corrected chi connectivity index (χ4v) is 4.59. The summed E-state index contributed by atoms with van der Waals surface area (Å²) in [6, 6.07) is 6.30. The number of fused-ring (bicyclic) bond motifs is 1. The zero-order valence-electron chi connectivity index (χ0n) is 18.1. The molecule has 1 saturated carbocycles. The number of aromatic nitrogens is 2. The second-order valence-corrected chi connectivity index (χ2v) is 8.84. The van der Waals surface area contributed by atoms with E-state index in [1.807, 2.05) is 6.07 Å². The molecule has 5 nitrogen and oxygen atoms in total. The minimum absolute atomic E-state index is 0.115. The van der Waals surface area contributed by atoms with Crippen molar-refractivity contribution in [1.29, 1.82) is 0 Å². The summed E-state index contributed by atoms with van der Waals surface area (Å²) in [6.07, 6.45) is 16.7. The average Bonchev–Trinajstić information content (AvgIpc) is 3.34. The molecule has 2 aromatic rings. The Bertz CT molecular complexity index is 844. The molecule has 0 radical (unpaired) electrons. The number of hydrogen-bond donors (Lipinski definition) is 0. The SMILES string of the molecule is CC1CCCC1.O=C1CCCN1c1cnc(Oc2ccc3c(c2)CCCCC3)cn1. The first-order chi connectivity index (χ1) is 14.7. The summed E-state index contributed by atoms with van der Waals surface area (Å²) < 4.78 is 5.85. The maximum Gasteiger partial charge on any atom is 0.237 e. The van der Waals surface area contributed by atoms with E-state index in [-0.39, 0.29) is 5.91 Å². The van der Waals surface area contributed by atoms with Crippen LogP contribution in [0.5, 0.6) is 11.6 Å². The molecule has 1 aromatic carbocycles. The Labute approximate surface area is 179 Å². The second kappa shape index (κ2) is 10.1. The van der Waals surface area contributed by atoms with Gasteiger partial charge in [-0.25, -0.2) is 9.97 Å². The molecule has 5 heteroatoms. The number of nitrogens with zero attached hydrogens (tertiary/aromatic N) is 3. The van der Waals surface area contributed by atoms with Gasteiger partial charge in [-0.2, -0.15) is 0 Å². The van der Waals surface area contributed by atoms with E-state index in [9.17, 15) is 4.79 Å². The number of anilines is 1. The molecule has 0 atom stereocenters. The smallest absolute Gasteiger partial charge is 0.237 e. The van der Waals surface area contributed by atoms with Gasteiger partial charge >= 0.3 is 0 Å². The second-order valence-electron chi connectivity index (χ2n) is 8.84. The van der Waals surface area contributed by atoms with Gasteiger partial charge in [0.05, 0.1) is 12.4 Å². The highest BCUT2D eigenvalue weighted by Gasteiger charge is 2.23. The van der Waals surface area contributed by atoms with Crippen molar-refractivity contribution < 1.29 is 9.53 Å². The number of carbonyl (C=O) groups excluding carboxylic acids is 1. The Kier molecular flexibility index (Phi) is 6.98. The zero-order valence-corrected chi connectivity index (χ0v) is 18.1. The lowest BCUT2D eigenvalue weighted by Crippen LogP contribution is -2.24. The maximum atomic E-state index is 11.7. The van der Waals surface area contributed by atoms with Gasteiger partial charge in [-0.15, -0.1) is 0 Å². The van der Waals surface area contributed by atoms with Crippen LogP contribution < -0.4 is 9.64 Å². The molecule has 0 unspecified atom stereocenters. The summed E-state index contributed by atoms with van der Waals surface area (Å²) >= 11 is 0. The van der Waals surface area contributed by atoms with E-state index < -0.39 is 0 Å². The molecular weight excluding hydrogens is 374 g/mol.